The van der Waals surface area contributed by atoms with Gasteiger partial charge in [-0.05, 0) is 46.8 Å². The lowest BCUT2D eigenvalue weighted by atomic mass is 10.1. The third-order valence-corrected chi connectivity index (χ3v) is 3.62. The molecule has 4 nitrogen and oxygen atoms in total. The van der Waals surface area contributed by atoms with Gasteiger partial charge in [-0.2, -0.15) is 0 Å². The van der Waals surface area contributed by atoms with E-state index in [-0.39, 0.29) is 23.7 Å². The molecule has 2 rings (SSSR count). The Labute approximate surface area is 112 Å². The number of carbonyl (C=O) groups excluding carboxylic acids is 1. The highest BCUT2D eigenvalue weighted by Gasteiger charge is 2.29. The van der Waals surface area contributed by atoms with Crippen LogP contribution in [0.15, 0.2) is 16.6 Å². The van der Waals surface area contributed by atoms with Crippen molar-refractivity contribution in [2.45, 2.75) is 18.9 Å². The van der Waals surface area contributed by atoms with Crippen molar-refractivity contribution in [3.05, 3.63) is 28.0 Å². The fourth-order valence-electron chi connectivity index (χ4n) is 1.68. The lowest BCUT2D eigenvalue weighted by Crippen LogP contribution is -2.33. The number of nitrogens with two attached hydrogens (primary N) is 1. The number of hydrogen-bond acceptors (Lipinski definition) is 3. The van der Waals surface area contributed by atoms with Crippen molar-refractivity contribution in [1.82, 2.24) is 5.32 Å². The van der Waals surface area contributed by atoms with E-state index in [1.807, 2.05) is 0 Å². The third-order valence-electron chi connectivity index (χ3n) is 2.97. The summed E-state index contributed by atoms with van der Waals surface area (Å²) in [6.07, 6.45) is 1.50. The maximum absolute atomic E-state index is 13.1. The summed E-state index contributed by atoms with van der Waals surface area (Å²) in [5, 5.41) is 12.3. The molecular formula is C12H14BrFN2O2. The van der Waals surface area contributed by atoms with Gasteiger partial charge in [-0.1, -0.05) is 0 Å². The molecule has 1 saturated carbocycles. The number of carbonyl (C=O) groups is 1. The molecule has 98 valence electrons. The minimum Gasteiger partial charge on any atom is -0.396 e. The zero-order valence-electron chi connectivity index (χ0n) is 9.62. The van der Waals surface area contributed by atoms with Crippen molar-refractivity contribution in [3.63, 3.8) is 0 Å². The number of amides is 1. The van der Waals surface area contributed by atoms with E-state index >= 15 is 0 Å². The molecule has 1 amide bonds. The van der Waals surface area contributed by atoms with E-state index in [9.17, 15) is 14.3 Å². The summed E-state index contributed by atoms with van der Waals surface area (Å²) < 4.78 is 13.5. The molecule has 18 heavy (non-hydrogen) atoms. The average molecular weight is 317 g/mol. The Bertz CT molecular complexity index is 477. The fraction of sp³-hybridized carbons (Fsp3) is 0.417. The molecule has 0 aliphatic heterocycles. The van der Waals surface area contributed by atoms with E-state index in [0.717, 1.165) is 18.9 Å². The Morgan fingerprint density at radius 2 is 2.28 bits per heavy atom. The van der Waals surface area contributed by atoms with E-state index in [4.69, 9.17) is 5.73 Å². The van der Waals surface area contributed by atoms with Crippen LogP contribution in [-0.4, -0.2) is 23.7 Å². The molecule has 0 aromatic heterocycles. The molecule has 0 saturated heterocycles. The maximum atomic E-state index is 13.1. The first-order valence-corrected chi connectivity index (χ1v) is 6.49. The van der Waals surface area contributed by atoms with E-state index in [1.54, 1.807) is 0 Å². The number of halogens is 2. The zero-order valence-corrected chi connectivity index (χ0v) is 11.2. The third kappa shape index (κ3) is 3.00. The Morgan fingerprint density at radius 3 is 2.89 bits per heavy atom. The van der Waals surface area contributed by atoms with Gasteiger partial charge in [0.2, 0.25) is 0 Å². The van der Waals surface area contributed by atoms with Gasteiger partial charge in [0.1, 0.15) is 5.82 Å². The second-order valence-corrected chi connectivity index (χ2v) is 5.32. The molecule has 1 fully saturated rings. The van der Waals surface area contributed by atoms with Gasteiger partial charge in [-0.3, -0.25) is 4.79 Å². The first kappa shape index (κ1) is 13.3. The van der Waals surface area contributed by atoms with E-state index < -0.39 is 11.9 Å². The SMILES string of the molecule is Nc1cc(C(=O)NCC(O)C2CC2)c(Br)cc1F. The van der Waals surface area contributed by atoms with Crippen molar-refractivity contribution in [2.75, 3.05) is 12.3 Å². The zero-order chi connectivity index (χ0) is 13.3. The van der Waals surface area contributed by atoms with Gasteiger partial charge in [0.25, 0.3) is 5.91 Å². The number of nitrogen functional groups attached to an aromatic ring is 1. The number of anilines is 1. The largest absolute Gasteiger partial charge is 0.396 e. The summed E-state index contributed by atoms with van der Waals surface area (Å²) in [6.45, 7) is 0.202. The molecule has 1 unspecified atom stereocenters. The van der Waals surface area contributed by atoms with Gasteiger partial charge in [-0.25, -0.2) is 4.39 Å². The predicted octanol–water partition coefficient (Wildman–Crippen LogP) is 1.67. The molecule has 6 heteroatoms. The molecule has 0 spiro atoms. The van der Waals surface area contributed by atoms with Crippen LogP contribution in [0.4, 0.5) is 10.1 Å². The number of hydrogen-bond donors (Lipinski definition) is 3. The summed E-state index contributed by atoms with van der Waals surface area (Å²) in [7, 11) is 0. The average Bonchev–Trinajstić information content (AvgIpc) is 3.14. The molecular weight excluding hydrogens is 303 g/mol. The van der Waals surface area contributed by atoms with Crippen LogP contribution in [0.5, 0.6) is 0 Å². The van der Waals surface area contributed by atoms with Gasteiger partial charge >= 0.3 is 0 Å². The van der Waals surface area contributed by atoms with Gasteiger partial charge in [0.15, 0.2) is 0 Å². The highest BCUT2D eigenvalue weighted by Crippen LogP contribution is 2.32. The molecule has 0 heterocycles. The normalized spacial score (nSPS) is 16.4. The molecule has 1 aromatic carbocycles. The Hall–Kier alpha value is -1.14. The van der Waals surface area contributed by atoms with Crippen molar-refractivity contribution in [1.29, 1.82) is 0 Å². The molecule has 1 aliphatic rings. The number of aliphatic hydroxyl groups excluding tert-OH is 1. The van der Waals surface area contributed by atoms with E-state index in [2.05, 4.69) is 21.2 Å². The minimum absolute atomic E-state index is 0.0777. The highest BCUT2D eigenvalue weighted by atomic mass is 79.9. The van der Waals surface area contributed by atoms with Crippen LogP contribution < -0.4 is 11.1 Å². The number of nitrogens with one attached hydrogen (secondary N) is 1. The van der Waals surface area contributed by atoms with Gasteiger partial charge in [0, 0.05) is 11.0 Å². The summed E-state index contributed by atoms with van der Waals surface area (Å²) in [5.41, 5.74) is 5.60. The molecule has 1 atom stereocenters. The first-order chi connectivity index (χ1) is 8.49. The van der Waals surface area contributed by atoms with E-state index in [0.29, 0.717) is 10.4 Å². The van der Waals surface area contributed by atoms with Crippen LogP contribution in [0.2, 0.25) is 0 Å². The highest BCUT2D eigenvalue weighted by molar-refractivity contribution is 9.10. The van der Waals surface area contributed by atoms with Crippen LogP contribution in [-0.2, 0) is 0 Å². The lowest BCUT2D eigenvalue weighted by Gasteiger charge is -2.12. The van der Waals surface area contributed by atoms with Gasteiger partial charge < -0.3 is 16.2 Å². The van der Waals surface area contributed by atoms with Crippen LogP contribution in [0, 0.1) is 11.7 Å². The quantitative estimate of drug-likeness (QED) is 0.740. The van der Waals surface area contributed by atoms with Crippen molar-refractivity contribution in [2.24, 2.45) is 5.92 Å². The molecule has 0 radical (unpaired) electrons. The monoisotopic (exact) mass is 316 g/mol. The second-order valence-electron chi connectivity index (χ2n) is 4.47. The fourth-order valence-corrected chi connectivity index (χ4v) is 2.18. The summed E-state index contributed by atoms with van der Waals surface area (Å²) in [6, 6.07) is 2.43. The Morgan fingerprint density at radius 1 is 1.61 bits per heavy atom. The molecule has 1 aromatic rings. The number of rotatable bonds is 4. The van der Waals surface area contributed by atoms with Crippen molar-refractivity contribution in [3.8, 4) is 0 Å². The van der Waals surface area contributed by atoms with Crippen molar-refractivity contribution >= 4 is 27.5 Å². The van der Waals surface area contributed by atoms with Crippen LogP contribution in [0.25, 0.3) is 0 Å². The van der Waals surface area contributed by atoms with Crippen molar-refractivity contribution < 1.29 is 14.3 Å². The second kappa shape index (κ2) is 5.24. The smallest absolute Gasteiger partial charge is 0.252 e. The van der Waals surface area contributed by atoms with Gasteiger partial charge in [0.05, 0.1) is 17.4 Å². The maximum Gasteiger partial charge on any atom is 0.252 e. The van der Waals surface area contributed by atoms with Gasteiger partial charge in [-0.15, -0.1) is 0 Å². The number of benzene rings is 1. The summed E-state index contributed by atoms with van der Waals surface area (Å²) in [4.78, 5) is 11.8. The Balaban J connectivity index is 2.01. The Kier molecular flexibility index (Phi) is 3.87. The minimum atomic E-state index is -0.573. The van der Waals surface area contributed by atoms with E-state index in [1.165, 1.54) is 6.07 Å². The molecule has 0 bridgehead atoms. The summed E-state index contributed by atoms with van der Waals surface area (Å²) in [5.74, 6) is -0.656. The van der Waals surface area contributed by atoms with Crippen LogP contribution in [0.3, 0.4) is 0 Å². The summed E-state index contributed by atoms with van der Waals surface area (Å²) >= 11 is 3.11. The van der Waals surface area contributed by atoms with Crippen LogP contribution in [0.1, 0.15) is 23.2 Å². The molecule has 4 N–H and O–H groups in total. The predicted molar refractivity (Wildman–Crippen MR) is 69.6 cm³/mol. The molecule has 1 aliphatic carbocycles. The number of aliphatic hydroxyl groups is 1. The van der Waals surface area contributed by atoms with Crippen LogP contribution >= 0.6 is 15.9 Å². The first-order valence-electron chi connectivity index (χ1n) is 5.70. The topological polar surface area (TPSA) is 75.4 Å². The lowest BCUT2D eigenvalue weighted by molar-refractivity contribution is 0.0900. The standard InChI is InChI=1S/C12H14BrFN2O2/c13-8-4-9(14)10(15)3-7(8)12(18)16-5-11(17)6-1-2-6/h3-4,6,11,17H,1-2,5,15H2,(H,16,18).